The van der Waals surface area contributed by atoms with Gasteiger partial charge in [-0.25, -0.2) is 9.97 Å². The third-order valence-electron chi connectivity index (χ3n) is 8.46. The lowest BCUT2D eigenvalue weighted by atomic mass is 9.73. The summed E-state index contributed by atoms with van der Waals surface area (Å²) in [7, 11) is 0. The topological polar surface area (TPSA) is 25.8 Å². The van der Waals surface area contributed by atoms with Crippen molar-refractivity contribution in [3.8, 4) is 0 Å². The van der Waals surface area contributed by atoms with E-state index in [4.69, 9.17) is 9.97 Å². The molecule has 186 valence electrons. The molecule has 2 unspecified atom stereocenters. The summed E-state index contributed by atoms with van der Waals surface area (Å²) < 4.78 is 0. The quantitative estimate of drug-likeness (QED) is 0.262. The molecule has 2 nitrogen and oxygen atoms in total. The van der Waals surface area contributed by atoms with Crippen molar-refractivity contribution in [3.05, 3.63) is 95.6 Å². The van der Waals surface area contributed by atoms with E-state index in [9.17, 15) is 0 Å². The van der Waals surface area contributed by atoms with Gasteiger partial charge in [-0.3, -0.25) is 0 Å². The highest BCUT2D eigenvalue weighted by Gasteiger charge is 2.32. The fourth-order valence-corrected chi connectivity index (χ4v) is 6.11. The average molecular weight is 469 g/mol. The SMILES string of the molecule is CCCCCC1CCC(c2cnc(C(C(C)CC)C(c3ccccc3)c3ccccc3)nc2)CC1. The summed E-state index contributed by atoms with van der Waals surface area (Å²) in [4.78, 5) is 10.1. The van der Waals surface area contributed by atoms with Gasteiger partial charge in [-0.2, -0.15) is 0 Å². The fourth-order valence-electron chi connectivity index (χ4n) is 6.11. The van der Waals surface area contributed by atoms with E-state index in [0.29, 0.717) is 11.8 Å². The van der Waals surface area contributed by atoms with Crippen LogP contribution in [0.5, 0.6) is 0 Å². The van der Waals surface area contributed by atoms with Crippen molar-refractivity contribution in [2.75, 3.05) is 0 Å². The van der Waals surface area contributed by atoms with Crippen molar-refractivity contribution in [1.82, 2.24) is 9.97 Å². The molecule has 1 saturated carbocycles. The molecular formula is C33H44N2. The molecule has 3 aromatic rings. The van der Waals surface area contributed by atoms with Crippen molar-refractivity contribution >= 4 is 0 Å². The van der Waals surface area contributed by atoms with Crippen LogP contribution in [0, 0.1) is 11.8 Å². The Kier molecular flexibility index (Phi) is 9.51. The standard InChI is InChI=1S/C33H44N2/c1-4-6-9-14-26-19-21-27(22-20-26)30-23-34-33(35-24-30)31(25(3)5-2)32(28-15-10-7-11-16-28)29-17-12-8-13-18-29/h7-8,10-13,15-18,23-27,31-32H,4-6,9,14,19-22H2,1-3H3. The Bertz CT molecular complexity index is 935. The van der Waals surface area contributed by atoms with Crippen LogP contribution in [0.1, 0.15) is 119 Å². The molecule has 1 aromatic heterocycles. The predicted molar refractivity (Wildman–Crippen MR) is 148 cm³/mol. The zero-order chi connectivity index (χ0) is 24.5. The van der Waals surface area contributed by atoms with Crippen LogP contribution in [-0.2, 0) is 0 Å². The summed E-state index contributed by atoms with van der Waals surface area (Å²) in [5.41, 5.74) is 4.04. The molecule has 0 saturated heterocycles. The van der Waals surface area contributed by atoms with E-state index in [-0.39, 0.29) is 11.8 Å². The Hall–Kier alpha value is -2.48. The molecule has 2 atom stereocenters. The molecule has 0 N–H and O–H groups in total. The van der Waals surface area contributed by atoms with Gasteiger partial charge in [0.1, 0.15) is 5.82 Å². The van der Waals surface area contributed by atoms with Crippen molar-refractivity contribution in [2.24, 2.45) is 11.8 Å². The maximum Gasteiger partial charge on any atom is 0.132 e. The van der Waals surface area contributed by atoms with Gasteiger partial charge in [0.25, 0.3) is 0 Å². The number of hydrogen-bond donors (Lipinski definition) is 0. The van der Waals surface area contributed by atoms with E-state index >= 15 is 0 Å². The first-order valence-corrected chi connectivity index (χ1v) is 14.1. The first kappa shape index (κ1) is 25.6. The molecular weight excluding hydrogens is 424 g/mol. The second-order valence-electron chi connectivity index (χ2n) is 10.8. The van der Waals surface area contributed by atoms with Crippen LogP contribution in [0.4, 0.5) is 0 Å². The summed E-state index contributed by atoms with van der Waals surface area (Å²) in [5, 5.41) is 0. The molecule has 4 rings (SSSR count). The van der Waals surface area contributed by atoms with Crippen LogP contribution < -0.4 is 0 Å². The highest BCUT2D eigenvalue weighted by atomic mass is 14.9. The molecule has 0 spiro atoms. The fraction of sp³-hybridized carbons (Fsp3) is 0.515. The number of nitrogens with zero attached hydrogens (tertiary/aromatic N) is 2. The highest BCUT2D eigenvalue weighted by molar-refractivity contribution is 5.36. The second-order valence-corrected chi connectivity index (χ2v) is 10.8. The first-order valence-electron chi connectivity index (χ1n) is 14.1. The molecule has 0 amide bonds. The molecule has 1 aliphatic carbocycles. The van der Waals surface area contributed by atoms with Crippen LogP contribution in [-0.4, -0.2) is 9.97 Å². The third-order valence-corrected chi connectivity index (χ3v) is 8.46. The smallest absolute Gasteiger partial charge is 0.132 e. The monoisotopic (exact) mass is 468 g/mol. The Balaban J connectivity index is 1.55. The van der Waals surface area contributed by atoms with Crippen LogP contribution >= 0.6 is 0 Å². The first-order chi connectivity index (χ1) is 17.2. The lowest BCUT2D eigenvalue weighted by Gasteiger charge is -2.32. The van der Waals surface area contributed by atoms with Gasteiger partial charge in [-0.05, 0) is 60.1 Å². The number of aromatic nitrogens is 2. The van der Waals surface area contributed by atoms with E-state index in [1.54, 1.807) is 0 Å². The minimum atomic E-state index is 0.244. The lowest BCUT2D eigenvalue weighted by Crippen LogP contribution is -2.22. The summed E-state index contributed by atoms with van der Waals surface area (Å²) in [6, 6.07) is 21.9. The molecule has 35 heavy (non-hydrogen) atoms. The maximum atomic E-state index is 5.06. The third kappa shape index (κ3) is 6.60. The van der Waals surface area contributed by atoms with Crippen LogP contribution in [0.2, 0.25) is 0 Å². The second kappa shape index (κ2) is 13.0. The maximum absolute atomic E-state index is 5.06. The largest absolute Gasteiger partial charge is 0.241 e. The summed E-state index contributed by atoms with van der Waals surface area (Å²) >= 11 is 0. The Morgan fingerprint density at radius 3 is 1.86 bits per heavy atom. The Labute approximate surface area is 213 Å². The Morgan fingerprint density at radius 2 is 1.34 bits per heavy atom. The van der Waals surface area contributed by atoms with Gasteiger partial charge in [-0.15, -0.1) is 0 Å². The minimum absolute atomic E-state index is 0.244. The highest BCUT2D eigenvalue weighted by Crippen LogP contribution is 2.43. The Morgan fingerprint density at radius 1 is 0.771 bits per heavy atom. The molecule has 0 aliphatic heterocycles. The van der Waals surface area contributed by atoms with Crippen LogP contribution in [0.15, 0.2) is 73.1 Å². The van der Waals surface area contributed by atoms with Crippen molar-refractivity contribution in [3.63, 3.8) is 0 Å². The summed E-state index contributed by atoms with van der Waals surface area (Å²) in [6.45, 7) is 6.95. The van der Waals surface area contributed by atoms with Gasteiger partial charge in [0.15, 0.2) is 0 Å². The lowest BCUT2D eigenvalue weighted by molar-refractivity contribution is 0.302. The van der Waals surface area contributed by atoms with E-state index in [2.05, 4.69) is 93.8 Å². The summed E-state index contributed by atoms with van der Waals surface area (Å²) in [6.07, 6.45) is 16.3. The molecule has 1 aliphatic rings. The number of rotatable bonds is 11. The number of hydrogen-bond acceptors (Lipinski definition) is 2. The zero-order valence-electron chi connectivity index (χ0n) is 22.1. The van der Waals surface area contributed by atoms with E-state index in [1.165, 1.54) is 68.1 Å². The zero-order valence-corrected chi connectivity index (χ0v) is 22.1. The average Bonchev–Trinajstić information content (AvgIpc) is 2.93. The molecule has 1 heterocycles. The molecule has 2 aromatic carbocycles. The van der Waals surface area contributed by atoms with Crippen LogP contribution in [0.25, 0.3) is 0 Å². The van der Waals surface area contributed by atoms with Gasteiger partial charge in [-0.1, -0.05) is 114 Å². The van der Waals surface area contributed by atoms with E-state index in [0.717, 1.165) is 18.2 Å². The van der Waals surface area contributed by atoms with Gasteiger partial charge in [0, 0.05) is 24.2 Å². The molecule has 0 radical (unpaired) electrons. The van der Waals surface area contributed by atoms with Gasteiger partial charge in [0.05, 0.1) is 0 Å². The van der Waals surface area contributed by atoms with Gasteiger partial charge < -0.3 is 0 Å². The molecule has 0 bridgehead atoms. The van der Waals surface area contributed by atoms with Crippen LogP contribution in [0.3, 0.4) is 0 Å². The van der Waals surface area contributed by atoms with E-state index < -0.39 is 0 Å². The van der Waals surface area contributed by atoms with Crippen molar-refractivity contribution in [2.45, 2.75) is 96.3 Å². The van der Waals surface area contributed by atoms with E-state index in [1.807, 2.05) is 0 Å². The number of benzene rings is 2. The van der Waals surface area contributed by atoms with Gasteiger partial charge in [0.2, 0.25) is 0 Å². The summed E-state index contributed by atoms with van der Waals surface area (Å²) in [5.74, 6) is 3.53. The minimum Gasteiger partial charge on any atom is -0.241 e. The normalized spacial score (nSPS) is 20.0. The molecule has 1 fully saturated rings. The van der Waals surface area contributed by atoms with Crippen molar-refractivity contribution < 1.29 is 0 Å². The predicted octanol–water partition coefficient (Wildman–Crippen LogP) is 9.29. The number of unbranched alkanes of at least 4 members (excludes halogenated alkanes) is 2. The van der Waals surface area contributed by atoms with Crippen molar-refractivity contribution in [1.29, 1.82) is 0 Å². The van der Waals surface area contributed by atoms with Gasteiger partial charge >= 0.3 is 0 Å². The molecule has 2 heteroatoms.